The van der Waals surface area contributed by atoms with Crippen molar-refractivity contribution in [3.05, 3.63) is 0 Å². The van der Waals surface area contributed by atoms with E-state index in [0.29, 0.717) is 5.41 Å². The van der Waals surface area contributed by atoms with Crippen molar-refractivity contribution in [2.75, 3.05) is 6.54 Å². The van der Waals surface area contributed by atoms with Gasteiger partial charge in [-0.2, -0.15) is 5.26 Å². The van der Waals surface area contributed by atoms with Gasteiger partial charge in [-0.15, -0.1) is 0 Å². The van der Waals surface area contributed by atoms with Crippen LogP contribution in [0, 0.1) is 22.7 Å². The second-order valence-corrected chi connectivity index (χ2v) is 6.73. The van der Waals surface area contributed by atoms with E-state index in [4.69, 9.17) is 0 Å². The van der Waals surface area contributed by atoms with Gasteiger partial charge in [0.05, 0.1) is 6.07 Å². The quantitative estimate of drug-likeness (QED) is 0.809. The summed E-state index contributed by atoms with van der Waals surface area (Å²) in [5.41, 5.74) is 0.470. The Hall–Kier alpha value is -0.550. The van der Waals surface area contributed by atoms with Crippen LogP contribution in [0.1, 0.15) is 64.2 Å². The molecule has 3 saturated carbocycles. The average molecular weight is 232 g/mol. The molecule has 0 radical (unpaired) electrons. The number of hydrogen-bond donors (Lipinski definition) is 1. The van der Waals surface area contributed by atoms with Crippen LogP contribution in [0.15, 0.2) is 0 Å². The molecular formula is C15H24N2. The Morgan fingerprint density at radius 2 is 1.65 bits per heavy atom. The van der Waals surface area contributed by atoms with E-state index < -0.39 is 0 Å². The molecule has 94 valence electrons. The van der Waals surface area contributed by atoms with Gasteiger partial charge >= 0.3 is 0 Å². The summed E-state index contributed by atoms with van der Waals surface area (Å²) in [6.07, 6.45) is 13.2. The monoisotopic (exact) mass is 232 g/mol. The zero-order chi connectivity index (χ0) is 11.8. The van der Waals surface area contributed by atoms with E-state index in [1.54, 1.807) is 0 Å². The average Bonchev–Trinajstić information content (AvgIpc) is 3.10. The lowest BCUT2D eigenvalue weighted by atomic mass is 9.67. The van der Waals surface area contributed by atoms with Crippen LogP contribution in [-0.2, 0) is 0 Å². The lowest BCUT2D eigenvalue weighted by molar-refractivity contribution is 0.139. The molecule has 0 heterocycles. The van der Waals surface area contributed by atoms with E-state index in [1.807, 2.05) is 0 Å². The van der Waals surface area contributed by atoms with Gasteiger partial charge in [0.2, 0.25) is 0 Å². The Morgan fingerprint density at radius 3 is 2.18 bits per heavy atom. The molecule has 0 amide bonds. The van der Waals surface area contributed by atoms with Gasteiger partial charge in [0.1, 0.15) is 5.54 Å². The first-order valence-corrected chi connectivity index (χ1v) is 7.42. The first kappa shape index (κ1) is 11.5. The van der Waals surface area contributed by atoms with Gasteiger partial charge in [0, 0.05) is 0 Å². The largest absolute Gasteiger partial charge is 0.299 e. The summed E-state index contributed by atoms with van der Waals surface area (Å²) in [5, 5.41) is 13.1. The molecule has 3 fully saturated rings. The van der Waals surface area contributed by atoms with Crippen molar-refractivity contribution in [3.8, 4) is 6.07 Å². The summed E-state index contributed by atoms with van der Waals surface area (Å²) in [6, 6.07) is 2.60. The Kier molecular flexibility index (Phi) is 2.91. The highest BCUT2D eigenvalue weighted by atomic mass is 15.0. The van der Waals surface area contributed by atoms with E-state index in [1.165, 1.54) is 51.4 Å². The Balaban J connectivity index is 1.58. The minimum Gasteiger partial charge on any atom is -0.299 e. The van der Waals surface area contributed by atoms with Crippen LogP contribution >= 0.6 is 0 Å². The summed E-state index contributed by atoms with van der Waals surface area (Å²) < 4.78 is 0. The molecule has 3 rings (SSSR count). The third-order valence-electron chi connectivity index (χ3n) is 5.47. The number of nitriles is 1. The van der Waals surface area contributed by atoms with Gasteiger partial charge in [0.15, 0.2) is 0 Å². The lowest BCUT2D eigenvalue weighted by Gasteiger charge is -2.42. The molecule has 0 bridgehead atoms. The topological polar surface area (TPSA) is 35.8 Å². The molecule has 0 aromatic carbocycles. The van der Waals surface area contributed by atoms with Crippen LogP contribution in [0.5, 0.6) is 0 Å². The molecule has 0 aliphatic heterocycles. The molecule has 3 aliphatic carbocycles. The molecule has 1 spiro atoms. The maximum atomic E-state index is 9.49. The Labute approximate surface area is 105 Å². The summed E-state index contributed by atoms with van der Waals surface area (Å²) in [6.45, 7) is 1.08. The fourth-order valence-electron chi connectivity index (χ4n) is 3.82. The van der Waals surface area contributed by atoms with Crippen molar-refractivity contribution in [1.29, 1.82) is 5.26 Å². The van der Waals surface area contributed by atoms with Gasteiger partial charge in [-0.05, 0) is 69.2 Å². The van der Waals surface area contributed by atoms with Gasteiger partial charge in [-0.1, -0.05) is 12.8 Å². The predicted octanol–water partition coefficient (Wildman–Crippen LogP) is 3.38. The highest BCUT2D eigenvalue weighted by Gasteiger charge is 2.44. The zero-order valence-electron chi connectivity index (χ0n) is 10.8. The third kappa shape index (κ3) is 2.36. The minimum atomic E-state index is -0.170. The van der Waals surface area contributed by atoms with Gasteiger partial charge in [-0.25, -0.2) is 0 Å². The molecule has 0 aromatic heterocycles. The maximum Gasteiger partial charge on any atom is 0.106 e. The van der Waals surface area contributed by atoms with Crippen molar-refractivity contribution >= 4 is 0 Å². The molecule has 0 atom stereocenters. The first-order chi connectivity index (χ1) is 8.26. The Bertz CT molecular complexity index is 308. The number of rotatable bonds is 3. The SMILES string of the molecule is N#CC1(NCC2CC2)CCC2(CCCC2)CC1. The number of nitrogens with one attached hydrogen (secondary N) is 1. The van der Waals surface area contributed by atoms with Crippen molar-refractivity contribution in [2.45, 2.75) is 69.7 Å². The van der Waals surface area contributed by atoms with Crippen molar-refractivity contribution in [3.63, 3.8) is 0 Å². The summed E-state index contributed by atoms with van der Waals surface area (Å²) in [5.74, 6) is 0.877. The van der Waals surface area contributed by atoms with Crippen LogP contribution in [0.2, 0.25) is 0 Å². The van der Waals surface area contributed by atoms with Crippen molar-refractivity contribution in [1.82, 2.24) is 5.32 Å². The molecular weight excluding hydrogens is 208 g/mol. The highest BCUT2D eigenvalue weighted by molar-refractivity contribution is 5.12. The third-order valence-corrected chi connectivity index (χ3v) is 5.47. The molecule has 3 aliphatic rings. The molecule has 1 N–H and O–H groups in total. The normalized spacial score (nSPS) is 30.3. The minimum absolute atomic E-state index is 0.170. The fraction of sp³-hybridized carbons (Fsp3) is 0.933. The first-order valence-electron chi connectivity index (χ1n) is 7.42. The van der Waals surface area contributed by atoms with Crippen LogP contribution in [0.4, 0.5) is 0 Å². The number of hydrogen-bond acceptors (Lipinski definition) is 2. The molecule has 17 heavy (non-hydrogen) atoms. The molecule has 0 aromatic rings. The van der Waals surface area contributed by atoms with E-state index in [-0.39, 0.29) is 5.54 Å². The van der Waals surface area contributed by atoms with E-state index in [2.05, 4.69) is 11.4 Å². The van der Waals surface area contributed by atoms with Gasteiger partial charge < -0.3 is 0 Å². The zero-order valence-corrected chi connectivity index (χ0v) is 10.8. The van der Waals surface area contributed by atoms with Crippen molar-refractivity contribution in [2.24, 2.45) is 11.3 Å². The van der Waals surface area contributed by atoms with Crippen LogP contribution < -0.4 is 5.32 Å². The summed E-state index contributed by atoms with van der Waals surface area (Å²) in [7, 11) is 0. The van der Waals surface area contributed by atoms with Crippen LogP contribution in [-0.4, -0.2) is 12.1 Å². The van der Waals surface area contributed by atoms with Crippen LogP contribution in [0.25, 0.3) is 0 Å². The van der Waals surface area contributed by atoms with E-state index in [0.717, 1.165) is 25.3 Å². The second kappa shape index (κ2) is 4.28. The standard InChI is InChI=1S/C15H24N2/c16-12-15(17-11-13-3-4-13)9-7-14(8-10-15)5-1-2-6-14/h13,17H,1-11H2. The Morgan fingerprint density at radius 1 is 1.00 bits per heavy atom. The molecule has 2 heteroatoms. The fourth-order valence-corrected chi connectivity index (χ4v) is 3.82. The van der Waals surface area contributed by atoms with E-state index >= 15 is 0 Å². The van der Waals surface area contributed by atoms with Gasteiger partial charge in [0.25, 0.3) is 0 Å². The maximum absolute atomic E-state index is 9.49. The van der Waals surface area contributed by atoms with E-state index in [9.17, 15) is 5.26 Å². The lowest BCUT2D eigenvalue weighted by Crippen LogP contribution is -2.49. The summed E-state index contributed by atoms with van der Waals surface area (Å²) in [4.78, 5) is 0. The highest BCUT2D eigenvalue weighted by Crippen LogP contribution is 2.51. The predicted molar refractivity (Wildman–Crippen MR) is 68.4 cm³/mol. The molecule has 2 nitrogen and oxygen atoms in total. The molecule has 0 unspecified atom stereocenters. The number of nitrogens with zero attached hydrogens (tertiary/aromatic N) is 1. The molecule has 0 saturated heterocycles. The van der Waals surface area contributed by atoms with Gasteiger partial charge in [-0.3, -0.25) is 5.32 Å². The van der Waals surface area contributed by atoms with Crippen LogP contribution in [0.3, 0.4) is 0 Å². The van der Waals surface area contributed by atoms with Crippen molar-refractivity contribution < 1.29 is 0 Å². The summed E-state index contributed by atoms with van der Waals surface area (Å²) >= 11 is 0. The smallest absolute Gasteiger partial charge is 0.106 e. The second-order valence-electron chi connectivity index (χ2n) is 6.73.